The van der Waals surface area contributed by atoms with Crippen molar-refractivity contribution in [2.45, 2.75) is 20.3 Å². The molecule has 0 aliphatic carbocycles. The summed E-state index contributed by atoms with van der Waals surface area (Å²) in [5.74, 6) is 1.38. The van der Waals surface area contributed by atoms with Crippen LogP contribution in [0.25, 0.3) is 11.3 Å². The SMILES string of the molecule is COCCCNc1cc(-c2ccccc2)nc(Nc2cc(C)ccc2C)n1. The molecule has 0 amide bonds. The smallest absolute Gasteiger partial charge is 0.229 e. The van der Waals surface area contributed by atoms with E-state index in [0.717, 1.165) is 47.9 Å². The summed E-state index contributed by atoms with van der Waals surface area (Å²) in [5, 5.41) is 6.75. The summed E-state index contributed by atoms with van der Waals surface area (Å²) in [5.41, 5.74) is 5.31. The van der Waals surface area contributed by atoms with Crippen LogP contribution in [0.3, 0.4) is 0 Å². The van der Waals surface area contributed by atoms with Crippen LogP contribution in [-0.4, -0.2) is 30.2 Å². The van der Waals surface area contributed by atoms with Crippen LogP contribution in [0.15, 0.2) is 54.6 Å². The zero-order valence-electron chi connectivity index (χ0n) is 16.1. The Morgan fingerprint density at radius 2 is 1.78 bits per heavy atom. The molecule has 0 saturated carbocycles. The maximum Gasteiger partial charge on any atom is 0.229 e. The van der Waals surface area contributed by atoms with E-state index in [4.69, 9.17) is 9.72 Å². The van der Waals surface area contributed by atoms with Gasteiger partial charge in [0.1, 0.15) is 5.82 Å². The Balaban J connectivity index is 1.90. The van der Waals surface area contributed by atoms with Crippen molar-refractivity contribution in [1.29, 1.82) is 0 Å². The van der Waals surface area contributed by atoms with E-state index in [1.165, 1.54) is 5.56 Å². The second-order valence-corrected chi connectivity index (χ2v) is 6.54. The summed E-state index contributed by atoms with van der Waals surface area (Å²) in [4.78, 5) is 9.38. The quantitative estimate of drug-likeness (QED) is 0.555. The van der Waals surface area contributed by atoms with Gasteiger partial charge in [-0.05, 0) is 37.5 Å². The second kappa shape index (κ2) is 9.14. The first-order valence-electron chi connectivity index (χ1n) is 9.17. The van der Waals surface area contributed by atoms with E-state index in [1.54, 1.807) is 7.11 Å². The Hall–Kier alpha value is -2.92. The summed E-state index contributed by atoms with van der Waals surface area (Å²) < 4.78 is 5.11. The molecule has 27 heavy (non-hydrogen) atoms. The van der Waals surface area contributed by atoms with Crippen molar-refractivity contribution in [2.24, 2.45) is 0 Å². The van der Waals surface area contributed by atoms with Crippen molar-refractivity contribution in [3.63, 3.8) is 0 Å². The molecule has 3 aromatic rings. The molecule has 140 valence electrons. The molecule has 0 atom stereocenters. The first-order valence-corrected chi connectivity index (χ1v) is 9.17. The number of hydrogen-bond acceptors (Lipinski definition) is 5. The molecule has 5 nitrogen and oxygen atoms in total. The van der Waals surface area contributed by atoms with Gasteiger partial charge < -0.3 is 15.4 Å². The summed E-state index contributed by atoms with van der Waals surface area (Å²) in [6.07, 6.45) is 0.918. The Morgan fingerprint density at radius 3 is 2.56 bits per heavy atom. The molecule has 0 aliphatic heterocycles. The Kier molecular flexibility index (Phi) is 6.39. The lowest BCUT2D eigenvalue weighted by atomic mass is 10.1. The minimum absolute atomic E-state index is 0.583. The number of rotatable bonds is 8. The van der Waals surface area contributed by atoms with Gasteiger partial charge >= 0.3 is 0 Å². The largest absolute Gasteiger partial charge is 0.385 e. The van der Waals surface area contributed by atoms with Crippen molar-refractivity contribution >= 4 is 17.5 Å². The van der Waals surface area contributed by atoms with Gasteiger partial charge in [-0.3, -0.25) is 0 Å². The van der Waals surface area contributed by atoms with Crippen LogP contribution in [-0.2, 0) is 4.74 Å². The van der Waals surface area contributed by atoms with Gasteiger partial charge in [-0.25, -0.2) is 4.98 Å². The number of nitrogens with one attached hydrogen (secondary N) is 2. The molecule has 2 aromatic carbocycles. The first-order chi connectivity index (χ1) is 13.2. The minimum atomic E-state index is 0.583. The van der Waals surface area contributed by atoms with Crippen molar-refractivity contribution in [2.75, 3.05) is 30.9 Å². The third-order valence-electron chi connectivity index (χ3n) is 4.27. The van der Waals surface area contributed by atoms with Crippen LogP contribution in [0, 0.1) is 13.8 Å². The average molecular weight is 362 g/mol. The zero-order chi connectivity index (χ0) is 19.1. The number of anilines is 3. The van der Waals surface area contributed by atoms with E-state index in [1.807, 2.05) is 24.3 Å². The van der Waals surface area contributed by atoms with Crippen LogP contribution in [0.1, 0.15) is 17.5 Å². The predicted molar refractivity (Wildman–Crippen MR) is 112 cm³/mol. The van der Waals surface area contributed by atoms with Crippen LogP contribution in [0.5, 0.6) is 0 Å². The van der Waals surface area contributed by atoms with E-state index in [0.29, 0.717) is 5.95 Å². The molecule has 3 rings (SSSR count). The lowest BCUT2D eigenvalue weighted by Gasteiger charge is -2.13. The van der Waals surface area contributed by atoms with Gasteiger partial charge in [0.15, 0.2) is 0 Å². The van der Waals surface area contributed by atoms with Crippen LogP contribution in [0.4, 0.5) is 17.5 Å². The molecule has 0 spiro atoms. The third-order valence-corrected chi connectivity index (χ3v) is 4.27. The van der Waals surface area contributed by atoms with Gasteiger partial charge in [-0.15, -0.1) is 0 Å². The second-order valence-electron chi connectivity index (χ2n) is 6.54. The van der Waals surface area contributed by atoms with Gasteiger partial charge in [0.2, 0.25) is 5.95 Å². The van der Waals surface area contributed by atoms with Crippen LogP contribution >= 0.6 is 0 Å². The van der Waals surface area contributed by atoms with Crippen molar-refractivity contribution in [3.8, 4) is 11.3 Å². The van der Waals surface area contributed by atoms with E-state index in [9.17, 15) is 0 Å². The van der Waals surface area contributed by atoms with Gasteiger partial charge in [-0.1, -0.05) is 42.5 Å². The van der Waals surface area contributed by atoms with Crippen molar-refractivity contribution in [3.05, 3.63) is 65.7 Å². The standard InChI is InChI=1S/C22H26N4O/c1-16-10-11-17(2)19(14-16)24-22-25-20(18-8-5-4-6-9-18)15-21(26-22)23-12-7-13-27-3/h4-6,8-11,14-15H,7,12-13H2,1-3H3,(H2,23,24,25,26). The van der Waals surface area contributed by atoms with E-state index in [-0.39, 0.29) is 0 Å². The zero-order valence-corrected chi connectivity index (χ0v) is 16.1. The van der Waals surface area contributed by atoms with E-state index >= 15 is 0 Å². The first kappa shape index (κ1) is 18.9. The topological polar surface area (TPSA) is 59.1 Å². The fraction of sp³-hybridized carbons (Fsp3) is 0.273. The molecule has 2 N–H and O–H groups in total. The Morgan fingerprint density at radius 1 is 0.963 bits per heavy atom. The highest BCUT2D eigenvalue weighted by Gasteiger charge is 2.08. The molecule has 0 bridgehead atoms. The number of aryl methyl sites for hydroxylation is 2. The summed E-state index contributed by atoms with van der Waals surface area (Å²) in [6.45, 7) is 5.67. The lowest BCUT2D eigenvalue weighted by molar-refractivity contribution is 0.198. The minimum Gasteiger partial charge on any atom is -0.385 e. The molecule has 1 heterocycles. The Bertz CT molecular complexity index is 881. The van der Waals surface area contributed by atoms with Gasteiger partial charge in [-0.2, -0.15) is 4.98 Å². The fourth-order valence-electron chi connectivity index (χ4n) is 2.77. The highest BCUT2D eigenvalue weighted by Crippen LogP contribution is 2.25. The lowest BCUT2D eigenvalue weighted by Crippen LogP contribution is -2.08. The van der Waals surface area contributed by atoms with Crippen LogP contribution in [0.2, 0.25) is 0 Å². The highest BCUT2D eigenvalue weighted by molar-refractivity contribution is 5.67. The normalized spacial score (nSPS) is 10.6. The molecular formula is C22H26N4O. The van der Waals surface area contributed by atoms with E-state index < -0.39 is 0 Å². The number of nitrogens with zero attached hydrogens (tertiary/aromatic N) is 2. The predicted octanol–water partition coefficient (Wildman–Crippen LogP) is 4.95. The van der Waals surface area contributed by atoms with Gasteiger partial charge in [0.25, 0.3) is 0 Å². The molecular weight excluding hydrogens is 336 g/mol. The molecule has 0 unspecified atom stereocenters. The number of aromatic nitrogens is 2. The summed E-state index contributed by atoms with van der Waals surface area (Å²) >= 11 is 0. The van der Waals surface area contributed by atoms with Crippen molar-refractivity contribution < 1.29 is 4.74 Å². The highest BCUT2D eigenvalue weighted by atomic mass is 16.5. The number of methoxy groups -OCH3 is 1. The molecule has 5 heteroatoms. The summed E-state index contributed by atoms with van der Waals surface area (Å²) in [6, 6.07) is 18.4. The van der Waals surface area contributed by atoms with Crippen LogP contribution < -0.4 is 10.6 Å². The third kappa shape index (κ3) is 5.28. The monoisotopic (exact) mass is 362 g/mol. The Labute approximate surface area is 160 Å². The molecule has 1 aromatic heterocycles. The number of benzene rings is 2. The molecule has 0 aliphatic rings. The molecule has 0 fully saturated rings. The molecule has 0 radical (unpaired) electrons. The van der Waals surface area contributed by atoms with Gasteiger partial charge in [0, 0.05) is 37.6 Å². The summed E-state index contributed by atoms with van der Waals surface area (Å²) in [7, 11) is 1.71. The fourth-order valence-corrected chi connectivity index (χ4v) is 2.77. The maximum absolute atomic E-state index is 5.11. The van der Waals surface area contributed by atoms with E-state index in [2.05, 4.69) is 59.8 Å². The van der Waals surface area contributed by atoms with Crippen molar-refractivity contribution in [1.82, 2.24) is 9.97 Å². The number of hydrogen-bond donors (Lipinski definition) is 2. The maximum atomic E-state index is 5.11. The van der Waals surface area contributed by atoms with Gasteiger partial charge in [0.05, 0.1) is 5.69 Å². The number of ether oxygens (including phenoxy) is 1. The average Bonchev–Trinajstić information content (AvgIpc) is 2.69. The molecule has 0 saturated heterocycles.